The number of aldehydes is 1. The topological polar surface area (TPSA) is 43.1 Å². The van der Waals surface area contributed by atoms with Crippen molar-refractivity contribution in [3.05, 3.63) is 23.8 Å². The van der Waals surface area contributed by atoms with Crippen molar-refractivity contribution in [2.45, 2.75) is 4.21 Å². The zero-order chi connectivity index (χ0) is 10.1. The van der Waals surface area contributed by atoms with Crippen molar-refractivity contribution in [1.82, 2.24) is 0 Å². The van der Waals surface area contributed by atoms with E-state index in [0.29, 0.717) is 11.3 Å². The molecule has 0 spiro atoms. The zero-order valence-corrected chi connectivity index (χ0v) is 9.24. The van der Waals surface area contributed by atoms with E-state index < -0.39 is 0 Å². The number of thioether (sulfide) groups is 1. The lowest BCUT2D eigenvalue weighted by atomic mass is 10.1. The summed E-state index contributed by atoms with van der Waals surface area (Å²) in [7, 11) is 0. The number of benzene rings is 1. The summed E-state index contributed by atoms with van der Waals surface area (Å²) in [6.45, 7) is 0. The molecule has 1 aromatic heterocycles. The normalized spacial score (nSPS) is 10.6. The molecule has 0 aliphatic rings. The van der Waals surface area contributed by atoms with E-state index in [9.17, 15) is 4.79 Å². The highest BCUT2D eigenvalue weighted by Crippen LogP contribution is 2.33. The number of nitrogen functional groups attached to an aromatic ring is 1. The molecule has 0 radical (unpaired) electrons. The van der Waals surface area contributed by atoms with E-state index in [-0.39, 0.29) is 0 Å². The van der Waals surface area contributed by atoms with Crippen LogP contribution in [0.2, 0.25) is 0 Å². The molecule has 0 bridgehead atoms. The first kappa shape index (κ1) is 9.55. The molecule has 0 fully saturated rings. The zero-order valence-electron chi connectivity index (χ0n) is 7.61. The Morgan fingerprint density at radius 3 is 2.86 bits per heavy atom. The molecular formula is C10H9NOS2. The molecule has 72 valence electrons. The van der Waals surface area contributed by atoms with E-state index in [1.807, 2.05) is 18.4 Å². The van der Waals surface area contributed by atoms with Crippen molar-refractivity contribution in [2.24, 2.45) is 0 Å². The Hall–Kier alpha value is -1.000. The van der Waals surface area contributed by atoms with Gasteiger partial charge < -0.3 is 5.73 Å². The molecule has 0 saturated carbocycles. The van der Waals surface area contributed by atoms with Gasteiger partial charge in [0.2, 0.25) is 0 Å². The summed E-state index contributed by atoms with van der Waals surface area (Å²) < 4.78 is 2.35. The van der Waals surface area contributed by atoms with Crippen molar-refractivity contribution in [3.63, 3.8) is 0 Å². The molecule has 0 aliphatic carbocycles. The van der Waals surface area contributed by atoms with Crippen molar-refractivity contribution in [2.75, 3.05) is 12.0 Å². The second kappa shape index (κ2) is 3.63. The van der Waals surface area contributed by atoms with Gasteiger partial charge in [-0.05, 0) is 29.8 Å². The lowest BCUT2D eigenvalue weighted by Gasteiger charge is -1.97. The molecule has 1 heterocycles. The van der Waals surface area contributed by atoms with Crippen LogP contribution in [0.15, 0.2) is 22.4 Å². The van der Waals surface area contributed by atoms with Gasteiger partial charge in [0.15, 0.2) is 6.29 Å². The summed E-state index contributed by atoms with van der Waals surface area (Å²) in [4.78, 5) is 10.7. The monoisotopic (exact) mass is 223 g/mol. The van der Waals surface area contributed by atoms with Crippen LogP contribution in [-0.4, -0.2) is 12.5 Å². The quantitative estimate of drug-likeness (QED) is 0.483. The number of hydrogen-bond acceptors (Lipinski definition) is 4. The van der Waals surface area contributed by atoms with E-state index in [0.717, 1.165) is 16.4 Å². The Morgan fingerprint density at radius 1 is 1.43 bits per heavy atom. The summed E-state index contributed by atoms with van der Waals surface area (Å²) in [6.07, 6.45) is 2.84. The minimum absolute atomic E-state index is 0.554. The number of fused-ring (bicyclic) bond motifs is 1. The maximum Gasteiger partial charge on any atom is 0.152 e. The third-order valence-electron chi connectivity index (χ3n) is 2.03. The Labute approximate surface area is 90.1 Å². The average molecular weight is 223 g/mol. The van der Waals surface area contributed by atoms with Gasteiger partial charge in [0.1, 0.15) is 0 Å². The van der Waals surface area contributed by atoms with Crippen LogP contribution in [0.1, 0.15) is 10.4 Å². The first-order valence-electron chi connectivity index (χ1n) is 4.07. The molecule has 1 aromatic carbocycles. The number of carbonyl (C=O) groups is 1. The van der Waals surface area contributed by atoms with Gasteiger partial charge in [0.25, 0.3) is 0 Å². The standard InChI is InChI=1S/C10H9NOS2/c1-13-10-4-6-2-8(11)7(5-12)3-9(6)14-10/h2-5H,11H2,1H3. The number of hydrogen-bond donors (Lipinski definition) is 1. The van der Waals surface area contributed by atoms with E-state index in [4.69, 9.17) is 5.73 Å². The predicted molar refractivity (Wildman–Crippen MR) is 63.4 cm³/mol. The lowest BCUT2D eigenvalue weighted by Crippen LogP contribution is -1.91. The van der Waals surface area contributed by atoms with E-state index in [1.54, 1.807) is 23.1 Å². The predicted octanol–water partition coefficient (Wildman–Crippen LogP) is 3.02. The highest BCUT2D eigenvalue weighted by atomic mass is 32.2. The first-order valence-corrected chi connectivity index (χ1v) is 6.11. The van der Waals surface area contributed by atoms with E-state index >= 15 is 0 Å². The Morgan fingerprint density at radius 2 is 2.21 bits per heavy atom. The van der Waals surface area contributed by atoms with Crippen LogP contribution in [0.3, 0.4) is 0 Å². The number of anilines is 1. The van der Waals surface area contributed by atoms with Gasteiger partial charge in [0.05, 0.1) is 4.21 Å². The van der Waals surface area contributed by atoms with Gasteiger partial charge in [-0.3, -0.25) is 4.79 Å². The highest BCUT2D eigenvalue weighted by Gasteiger charge is 2.05. The van der Waals surface area contributed by atoms with E-state index in [2.05, 4.69) is 6.07 Å². The highest BCUT2D eigenvalue weighted by molar-refractivity contribution is 8.00. The summed E-state index contributed by atoms with van der Waals surface area (Å²) in [5.41, 5.74) is 6.84. The smallest absolute Gasteiger partial charge is 0.152 e. The van der Waals surface area contributed by atoms with Crippen LogP contribution in [0.4, 0.5) is 5.69 Å². The molecule has 0 unspecified atom stereocenters. The van der Waals surface area contributed by atoms with Crippen molar-refractivity contribution in [3.8, 4) is 0 Å². The first-order chi connectivity index (χ1) is 6.74. The third kappa shape index (κ3) is 1.51. The van der Waals surface area contributed by atoms with Crippen molar-refractivity contribution in [1.29, 1.82) is 0 Å². The summed E-state index contributed by atoms with van der Waals surface area (Å²) in [6, 6.07) is 5.80. The SMILES string of the molecule is CSc1cc2cc(N)c(C=O)cc2s1. The molecule has 2 rings (SSSR count). The number of rotatable bonds is 2. The maximum absolute atomic E-state index is 10.7. The Kier molecular flexibility index (Phi) is 2.48. The summed E-state index contributed by atoms with van der Waals surface area (Å²) in [5.74, 6) is 0. The largest absolute Gasteiger partial charge is 0.398 e. The molecule has 0 aliphatic heterocycles. The second-order valence-corrected chi connectivity index (χ2v) is 5.10. The van der Waals surface area contributed by atoms with Crippen LogP contribution in [0.25, 0.3) is 10.1 Å². The summed E-state index contributed by atoms with van der Waals surface area (Å²) in [5, 5.41) is 1.11. The minimum Gasteiger partial charge on any atom is -0.398 e. The van der Waals surface area contributed by atoms with Crippen LogP contribution < -0.4 is 5.73 Å². The average Bonchev–Trinajstić information content (AvgIpc) is 2.58. The van der Waals surface area contributed by atoms with Gasteiger partial charge in [-0.1, -0.05) is 0 Å². The van der Waals surface area contributed by atoms with Crippen LogP contribution >= 0.6 is 23.1 Å². The molecule has 4 heteroatoms. The van der Waals surface area contributed by atoms with Gasteiger partial charge in [-0.25, -0.2) is 0 Å². The van der Waals surface area contributed by atoms with Crippen molar-refractivity contribution < 1.29 is 4.79 Å². The summed E-state index contributed by atoms with van der Waals surface area (Å²) >= 11 is 3.39. The fraction of sp³-hybridized carbons (Fsp3) is 0.100. The molecule has 2 N–H and O–H groups in total. The fourth-order valence-corrected chi connectivity index (χ4v) is 2.97. The van der Waals surface area contributed by atoms with Gasteiger partial charge in [0, 0.05) is 16.0 Å². The van der Waals surface area contributed by atoms with Gasteiger partial charge >= 0.3 is 0 Å². The second-order valence-electron chi connectivity index (χ2n) is 2.91. The number of carbonyl (C=O) groups excluding carboxylic acids is 1. The van der Waals surface area contributed by atoms with Crippen LogP contribution in [0.5, 0.6) is 0 Å². The fourth-order valence-electron chi connectivity index (χ4n) is 1.30. The maximum atomic E-state index is 10.7. The number of thiophene rings is 1. The Bertz CT molecular complexity index is 490. The van der Waals surface area contributed by atoms with Crippen molar-refractivity contribution >= 4 is 45.2 Å². The van der Waals surface area contributed by atoms with E-state index in [1.165, 1.54) is 4.21 Å². The number of nitrogens with two attached hydrogens (primary N) is 1. The third-order valence-corrected chi connectivity index (χ3v) is 4.19. The Balaban J connectivity index is 2.69. The molecule has 0 atom stereocenters. The molecule has 14 heavy (non-hydrogen) atoms. The molecule has 2 aromatic rings. The van der Waals surface area contributed by atoms with Gasteiger partial charge in [-0.2, -0.15) is 0 Å². The molecule has 2 nitrogen and oxygen atoms in total. The molecule has 0 saturated heterocycles. The van der Waals surface area contributed by atoms with Crippen LogP contribution in [0, 0.1) is 0 Å². The van der Waals surface area contributed by atoms with Gasteiger partial charge in [-0.15, -0.1) is 23.1 Å². The van der Waals surface area contributed by atoms with Crippen LogP contribution in [-0.2, 0) is 0 Å². The lowest BCUT2D eigenvalue weighted by molar-refractivity contribution is 0.112. The molecular weight excluding hydrogens is 214 g/mol. The minimum atomic E-state index is 0.554. The molecule has 0 amide bonds.